The lowest BCUT2D eigenvalue weighted by Crippen LogP contribution is -2.43. The van der Waals surface area contributed by atoms with Crippen molar-refractivity contribution in [1.29, 1.82) is 0 Å². The summed E-state index contributed by atoms with van der Waals surface area (Å²) in [5.74, 6) is -0.510. The first-order valence-corrected chi connectivity index (χ1v) is 8.91. The van der Waals surface area contributed by atoms with E-state index in [-0.39, 0.29) is 30.1 Å². The third-order valence-corrected chi connectivity index (χ3v) is 4.83. The van der Waals surface area contributed by atoms with Gasteiger partial charge in [-0.3, -0.25) is 9.59 Å². The van der Waals surface area contributed by atoms with E-state index in [1.54, 1.807) is 23.1 Å². The summed E-state index contributed by atoms with van der Waals surface area (Å²) in [6.45, 7) is 3.27. The fourth-order valence-electron chi connectivity index (χ4n) is 3.27. The van der Waals surface area contributed by atoms with Crippen LogP contribution in [0.2, 0.25) is 0 Å². The molecule has 0 spiro atoms. The van der Waals surface area contributed by atoms with E-state index in [0.717, 1.165) is 5.56 Å². The zero-order valence-electron chi connectivity index (χ0n) is 14.9. The second-order valence-corrected chi connectivity index (χ2v) is 6.75. The Balaban J connectivity index is 1.51. The van der Waals surface area contributed by atoms with Gasteiger partial charge < -0.3 is 10.2 Å². The Hall–Kier alpha value is -2.69. The summed E-state index contributed by atoms with van der Waals surface area (Å²) >= 11 is 0. The zero-order valence-corrected chi connectivity index (χ0v) is 14.9. The Labute approximate surface area is 153 Å². The van der Waals surface area contributed by atoms with Crippen molar-refractivity contribution < 1.29 is 14.0 Å². The van der Waals surface area contributed by atoms with Gasteiger partial charge in [0.2, 0.25) is 5.91 Å². The molecule has 1 fully saturated rings. The largest absolute Gasteiger partial charge is 0.352 e. The van der Waals surface area contributed by atoms with Crippen molar-refractivity contribution in [2.24, 2.45) is 5.92 Å². The first-order chi connectivity index (χ1) is 12.5. The van der Waals surface area contributed by atoms with Crippen molar-refractivity contribution >= 4 is 11.8 Å². The molecule has 0 bridgehead atoms. The molecule has 0 aliphatic carbocycles. The average molecular weight is 354 g/mol. The van der Waals surface area contributed by atoms with Gasteiger partial charge in [0, 0.05) is 36.7 Å². The summed E-state index contributed by atoms with van der Waals surface area (Å²) in [5.41, 5.74) is 2.22. The molecule has 1 aliphatic heterocycles. The molecule has 2 aromatic rings. The van der Waals surface area contributed by atoms with Gasteiger partial charge in [-0.1, -0.05) is 35.9 Å². The average Bonchev–Trinajstić information content (AvgIpc) is 2.66. The molecule has 1 aliphatic rings. The summed E-state index contributed by atoms with van der Waals surface area (Å²) in [5, 5.41) is 2.81. The van der Waals surface area contributed by atoms with Crippen molar-refractivity contribution in [2.45, 2.75) is 26.3 Å². The number of hydrogen-bond donors (Lipinski definition) is 1. The Morgan fingerprint density at radius 2 is 1.85 bits per heavy atom. The lowest BCUT2D eigenvalue weighted by molar-refractivity contribution is -0.126. The number of halogens is 1. The first-order valence-electron chi connectivity index (χ1n) is 8.91. The van der Waals surface area contributed by atoms with Gasteiger partial charge in [-0.25, -0.2) is 4.39 Å². The molecule has 0 saturated carbocycles. The number of piperidine rings is 1. The molecule has 2 amide bonds. The van der Waals surface area contributed by atoms with E-state index in [1.165, 1.54) is 6.07 Å². The quantitative estimate of drug-likeness (QED) is 0.916. The summed E-state index contributed by atoms with van der Waals surface area (Å²) in [4.78, 5) is 26.7. The predicted octanol–water partition coefficient (Wildman–Crippen LogP) is 3.30. The van der Waals surface area contributed by atoms with Gasteiger partial charge in [0.05, 0.1) is 0 Å². The van der Waals surface area contributed by atoms with Gasteiger partial charge >= 0.3 is 0 Å². The van der Waals surface area contributed by atoms with E-state index in [4.69, 9.17) is 0 Å². The number of benzene rings is 2. The van der Waals surface area contributed by atoms with Gasteiger partial charge in [0.1, 0.15) is 5.82 Å². The number of carbonyl (C=O) groups excluding carboxylic acids is 2. The molecule has 4 nitrogen and oxygen atoms in total. The van der Waals surface area contributed by atoms with E-state index in [1.807, 2.05) is 31.2 Å². The number of carbonyl (C=O) groups is 2. The van der Waals surface area contributed by atoms with Crippen molar-refractivity contribution in [1.82, 2.24) is 10.2 Å². The van der Waals surface area contributed by atoms with Crippen LogP contribution in [0.3, 0.4) is 0 Å². The number of nitrogens with zero attached hydrogens (tertiary/aromatic N) is 1. The highest BCUT2D eigenvalue weighted by molar-refractivity contribution is 5.94. The molecule has 1 N–H and O–H groups in total. The fourth-order valence-corrected chi connectivity index (χ4v) is 3.27. The minimum atomic E-state index is -0.314. The fraction of sp³-hybridized carbons (Fsp3) is 0.333. The monoisotopic (exact) mass is 354 g/mol. The molecule has 5 heteroatoms. The maximum atomic E-state index is 13.6. The maximum absolute atomic E-state index is 13.6. The lowest BCUT2D eigenvalue weighted by Gasteiger charge is -2.31. The van der Waals surface area contributed by atoms with Gasteiger partial charge in [-0.2, -0.15) is 0 Å². The number of amides is 2. The van der Waals surface area contributed by atoms with Gasteiger partial charge in [-0.05, 0) is 38.0 Å². The van der Waals surface area contributed by atoms with Crippen LogP contribution in [-0.4, -0.2) is 29.8 Å². The van der Waals surface area contributed by atoms with E-state index in [2.05, 4.69) is 5.32 Å². The molecule has 26 heavy (non-hydrogen) atoms. The third kappa shape index (κ3) is 4.28. The van der Waals surface area contributed by atoms with Crippen LogP contribution in [0.15, 0.2) is 48.5 Å². The highest BCUT2D eigenvalue weighted by Gasteiger charge is 2.27. The van der Waals surface area contributed by atoms with Crippen molar-refractivity contribution in [3.05, 3.63) is 71.0 Å². The highest BCUT2D eigenvalue weighted by atomic mass is 19.1. The Morgan fingerprint density at radius 3 is 2.54 bits per heavy atom. The number of hydrogen-bond acceptors (Lipinski definition) is 2. The van der Waals surface area contributed by atoms with Crippen LogP contribution < -0.4 is 5.32 Å². The number of rotatable bonds is 4. The highest BCUT2D eigenvalue weighted by Crippen LogP contribution is 2.20. The molecular weight excluding hydrogens is 331 g/mol. The molecule has 0 unspecified atom stereocenters. The van der Waals surface area contributed by atoms with Crippen LogP contribution >= 0.6 is 0 Å². The van der Waals surface area contributed by atoms with Crippen LogP contribution in [0.25, 0.3) is 0 Å². The van der Waals surface area contributed by atoms with Crippen LogP contribution in [0.1, 0.15) is 34.3 Å². The molecule has 1 saturated heterocycles. The van der Waals surface area contributed by atoms with Crippen molar-refractivity contribution in [3.8, 4) is 0 Å². The normalized spacial score (nSPS) is 14.9. The lowest BCUT2D eigenvalue weighted by atomic mass is 9.95. The summed E-state index contributed by atoms with van der Waals surface area (Å²) in [7, 11) is 0. The Morgan fingerprint density at radius 1 is 1.12 bits per heavy atom. The molecule has 136 valence electrons. The van der Waals surface area contributed by atoms with Gasteiger partial charge in [-0.15, -0.1) is 0 Å². The topological polar surface area (TPSA) is 49.4 Å². The van der Waals surface area contributed by atoms with E-state index < -0.39 is 0 Å². The number of likely N-dealkylation sites (tertiary alicyclic amines) is 1. The predicted molar refractivity (Wildman–Crippen MR) is 98.1 cm³/mol. The third-order valence-electron chi connectivity index (χ3n) is 4.83. The summed E-state index contributed by atoms with van der Waals surface area (Å²) in [6.07, 6.45) is 1.25. The Bertz CT molecular complexity index is 798. The second-order valence-electron chi connectivity index (χ2n) is 6.75. The second kappa shape index (κ2) is 8.13. The summed E-state index contributed by atoms with van der Waals surface area (Å²) in [6, 6.07) is 14.0. The minimum Gasteiger partial charge on any atom is -0.352 e. The molecule has 0 atom stereocenters. The van der Waals surface area contributed by atoms with Crippen LogP contribution in [0, 0.1) is 18.7 Å². The van der Waals surface area contributed by atoms with Crippen molar-refractivity contribution in [2.75, 3.05) is 13.1 Å². The standard InChI is InChI=1S/C21H23FN2O2/c1-15-5-4-7-17(13-15)21(26)24-11-9-16(10-12-24)20(25)23-14-18-6-2-3-8-19(18)22/h2-8,13,16H,9-12,14H2,1H3,(H,23,25). The molecule has 0 radical (unpaired) electrons. The van der Waals surface area contributed by atoms with E-state index in [0.29, 0.717) is 37.1 Å². The van der Waals surface area contributed by atoms with Crippen LogP contribution in [-0.2, 0) is 11.3 Å². The van der Waals surface area contributed by atoms with E-state index in [9.17, 15) is 14.0 Å². The van der Waals surface area contributed by atoms with E-state index >= 15 is 0 Å². The van der Waals surface area contributed by atoms with Crippen molar-refractivity contribution in [3.63, 3.8) is 0 Å². The van der Waals surface area contributed by atoms with Crippen LogP contribution in [0.5, 0.6) is 0 Å². The first kappa shape index (κ1) is 18.1. The Kier molecular flexibility index (Phi) is 5.66. The molecule has 3 rings (SSSR count). The zero-order chi connectivity index (χ0) is 18.5. The van der Waals surface area contributed by atoms with Gasteiger partial charge in [0.25, 0.3) is 5.91 Å². The molecule has 1 heterocycles. The summed E-state index contributed by atoms with van der Waals surface area (Å²) < 4.78 is 13.6. The number of aryl methyl sites for hydroxylation is 1. The SMILES string of the molecule is Cc1cccc(C(=O)N2CCC(C(=O)NCc3ccccc3F)CC2)c1. The maximum Gasteiger partial charge on any atom is 0.253 e. The number of nitrogens with one attached hydrogen (secondary N) is 1. The molecule has 2 aromatic carbocycles. The minimum absolute atomic E-state index is 0.0129. The van der Waals surface area contributed by atoms with Gasteiger partial charge in [0.15, 0.2) is 0 Å². The molecular formula is C21H23FN2O2. The smallest absolute Gasteiger partial charge is 0.253 e. The van der Waals surface area contributed by atoms with Crippen LogP contribution in [0.4, 0.5) is 4.39 Å². The molecule has 0 aromatic heterocycles.